The average Bonchev–Trinajstić information content (AvgIpc) is 3.88. The summed E-state index contributed by atoms with van der Waals surface area (Å²) in [5.74, 6) is 0.629. The summed E-state index contributed by atoms with van der Waals surface area (Å²) in [6.07, 6.45) is 1.51. The Morgan fingerprint density at radius 3 is 1.79 bits per heavy atom. The van der Waals surface area contributed by atoms with E-state index < -0.39 is 17.1 Å². The van der Waals surface area contributed by atoms with Crippen LogP contribution in [0.15, 0.2) is 140 Å². The maximum absolute atomic E-state index is 13.5. The summed E-state index contributed by atoms with van der Waals surface area (Å²) < 4.78 is 15.3. The van der Waals surface area contributed by atoms with Gasteiger partial charge in [0.15, 0.2) is 11.5 Å². The topological polar surface area (TPSA) is 117 Å². The van der Waals surface area contributed by atoms with Crippen molar-refractivity contribution in [2.24, 2.45) is 0 Å². The lowest BCUT2D eigenvalue weighted by Gasteiger charge is -2.36. The van der Waals surface area contributed by atoms with Gasteiger partial charge in [0.1, 0.15) is 29.3 Å². The SMILES string of the molecule is CCCOCc1nc(C(C)(C)O)c(C(=O)OCCC)n1Cc1ccc(-c2ccccc2-c2nnnn2C(c2ccccc2)(c2ccccc2)c2ccccc2)cc1. The maximum Gasteiger partial charge on any atom is 0.357 e. The number of carbonyl (C=O) groups excluding carboxylic acids is 1. The van der Waals surface area contributed by atoms with Gasteiger partial charge in [0, 0.05) is 18.7 Å². The summed E-state index contributed by atoms with van der Waals surface area (Å²) in [5, 5.41) is 24.9. The lowest BCUT2D eigenvalue weighted by molar-refractivity contribution is 0.0450. The molecule has 0 radical (unpaired) electrons. The summed E-state index contributed by atoms with van der Waals surface area (Å²) in [4.78, 5) is 18.3. The van der Waals surface area contributed by atoms with Crippen molar-refractivity contribution in [3.05, 3.63) is 179 Å². The van der Waals surface area contributed by atoms with Crippen molar-refractivity contribution >= 4 is 5.97 Å². The van der Waals surface area contributed by atoms with Crippen LogP contribution < -0.4 is 0 Å². The number of rotatable bonds is 16. The van der Waals surface area contributed by atoms with Crippen LogP contribution in [-0.2, 0) is 33.8 Å². The van der Waals surface area contributed by atoms with Crippen LogP contribution in [0.4, 0.5) is 0 Å². The highest BCUT2D eigenvalue weighted by Crippen LogP contribution is 2.43. The van der Waals surface area contributed by atoms with E-state index in [9.17, 15) is 9.90 Å². The van der Waals surface area contributed by atoms with Crippen LogP contribution >= 0.6 is 0 Å². The lowest BCUT2D eigenvalue weighted by Crippen LogP contribution is -2.39. The van der Waals surface area contributed by atoms with Gasteiger partial charge in [-0.15, -0.1) is 5.10 Å². The molecule has 2 aromatic heterocycles. The second kappa shape index (κ2) is 17.3. The van der Waals surface area contributed by atoms with Crippen LogP contribution in [0, 0.1) is 0 Å². The van der Waals surface area contributed by atoms with E-state index >= 15 is 0 Å². The molecule has 0 fully saturated rings. The summed E-state index contributed by atoms with van der Waals surface area (Å²) in [6, 6.07) is 47.4. The highest BCUT2D eigenvalue weighted by atomic mass is 16.5. The molecule has 0 spiro atoms. The second-order valence-electron chi connectivity index (χ2n) is 14.5. The molecule has 0 aliphatic rings. The molecule has 2 heterocycles. The minimum atomic E-state index is -1.38. The molecule has 290 valence electrons. The fourth-order valence-electron chi connectivity index (χ4n) is 7.37. The zero-order valence-electron chi connectivity index (χ0n) is 32.9. The van der Waals surface area contributed by atoms with Crippen molar-refractivity contribution in [3.63, 3.8) is 0 Å². The molecule has 0 saturated carbocycles. The lowest BCUT2D eigenvalue weighted by atomic mass is 9.77. The standard InChI is InChI=1S/C47H48N6O4/c1-5-30-56-33-41-48-43(46(3,4)55)42(45(54)57-31-6-2)52(41)32-34-26-28-35(29-27-34)39-24-16-17-25-40(39)44-49-50-51-53(44)47(36-18-10-7-11-19-36,37-20-12-8-13-21-37)38-22-14-9-15-23-38/h7-29,55H,5-6,30-33H2,1-4H3. The Labute approximate surface area is 333 Å². The van der Waals surface area contributed by atoms with Gasteiger partial charge in [-0.25, -0.2) is 14.5 Å². The van der Waals surface area contributed by atoms with Gasteiger partial charge in [-0.05, 0) is 70.5 Å². The summed E-state index contributed by atoms with van der Waals surface area (Å²) >= 11 is 0. The van der Waals surface area contributed by atoms with Gasteiger partial charge in [-0.3, -0.25) is 0 Å². The molecule has 0 aliphatic carbocycles. The molecule has 10 nitrogen and oxygen atoms in total. The van der Waals surface area contributed by atoms with Gasteiger partial charge in [0.25, 0.3) is 0 Å². The molecule has 0 aliphatic heterocycles. The molecule has 0 unspecified atom stereocenters. The number of aromatic nitrogens is 6. The van der Waals surface area contributed by atoms with E-state index in [1.54, 1.807) is 13.8 Å². The van der Waals surface area contributed by atoms with E-state index in [0.29, 0.717) is 31.2 Å². The van der Waals surface area contributed by atoms with Gasteiger partial charge in [-0.1, -0.05) is 153 Å². The average molecular weight is 761 g/mol. The Bertz CT molecular complexity index is 2290. The Balaban J connectivity index is 1.31. The number of ether oxygens (including phenoxy) is 2. The van der Waals surface area contributed by atoms with Crippen molar-refractivity contribution in [3.8, 4) is 22.5 Å². The molecule has 1 N–H and O–H groups in total. The van der Waals surface area contributed by atoms with Crippen molar-refractivity contribution in [2.75, 3.05) is 13.2 Å². The van der Waals surface area contributed by atoms with Crippen molar-refractivity contribution < 1.29 is 19.4 Å². The molecule has 7 rings (SSSR count). The highest BCUT2D eigenvalue weighted by Gasteiger charge is 2.42. The van der Waals surface area contributed by atoms with E-state index in [4.69, 9.17) is 24.8 Å². The van der Waals surface area contributed by atoms with Crippen LogP contribution in [0.25, 0.3) is 22.5 Å². The first-order valence-corrected chi connectivity index (χ1v) is 19.5. The Hall–Kier alpha value is -6.23. The van der Waals surface area contributed by atoms with E-state index in [1.165, 1.54) is 0 Å². The van der Waals surface area contributed by atoms with Crippen molar-refractivity contribution in [1.29, 1.82) is 0 Å². The van der Waals surface area contributed by atoms with Gasteiger partial charge in [-0.2, -0.15) is 0 Å². The number of hydrogen-bond acceptors (Lipinski definition) is 8. The maximum atomic E-state index is 13.5. The largest absolute Gasteiger partial charge is 0.461 e. The number of benzene rings is 5. The molecule has 10 heteroatoms. The van der Waals surface area contributed by atoms with Gasteiger partial charge < -0.3 is 19.1 Å². The molecule has 5 aromatic carbocycles. The molecule has 57 heavy (non-hydrogen) atoms. The van der Waals surface area contributed by atoms with E-state index in [1.807, 2.05) is 102 Å². The van der Waals surface area contributed by atoms with Gasteiger partial charge >= 0.3 is 5.97 Å². The Morgan fingerprint density at radius 1 is 0.702 bits per heavy atom. The normalized spacial score (nSPS) is 11.8. The Morgan fingerprint density at radius 2 is 1.25 bits per heavy atom. The van der Waals surface area contributed by atoms with E-state index in [2.05, 4.69) is 65.9 Å². The number of hydrogen-bond donors (Lipinski definition) is 1. The first-order chi connectivity index (χ1) is 27.8. The highest BCUT2D eigenvalue weighted by molar-refractivity contribution is 5.89. The number of nitrogens with zero attached hydrogens (tertiary/aromatic N) is 6. The predicted molar refractivity (Wildman–Crippen MR) is 220 cm³/mol. The summed E-state index contributed by atoms with van der Waals surface area (Å²) in [7, 11) is 0. The molecule has 0 saturated heterocycles. The number of esters is 1. The first-order valence-electron chi connectivity index (χ1n) is 19.5. The number of imidazole rings is 1. The van der Waals surface area contributed by atoms with E-state index in [-0.39, 0.29) is 24.6 Å². The Kier molecular flexibility index (Phi) is 11.8. The van der Waals surface area contributed by atoms with Crippen LogP contribution in [0.3, 0.4) is 0 Å². The number of tetrazole rings is 1. The molecule has 0 atom stereocenters. The monoisotopic (exact) mass is 760 g/mol. The third kappa shape index (κ3) is 7.92. The van der Waals surface area contributed by atoms with Crippen molar-refractivity contribution in [1.82, 2.24) is 29.8 Å². The fourth-order valence-corrected chi connectivity index (χ4v) is 7.37. The zero-order valence-corrected chi connectivity index (χ0v) is 32.9. The van der Waals surface area contributed by atoms with Gasteiger partial charge in [0.05, 0.1) is 6.61 Å². The van der Waals surface area contributed by atoms with Crippen molar-refractivity contribution in [2.45, 2.75) is 64.8 Å². The molecular formula is C47H48N6O4. The van der Waals surface area contributed by atoms with Crippen LogP contribution in [0.5, 0.6) is 0 Å². The molecular weight excluding hydrogens is 713 g/mol. The quantitative estimate of drug-likeness (QED) is 0.0590. The van der Waals surface area contributed by atoms with E-state index in [0.717, 1.165) is 45.4 Å². The summed E-state index contributed by atoms with van der Waals surface area (Å²) in [5.41, 5.74) is 4.96. The smallest absolute Gasteiger partial charge is 0.357 e. The minimum absolute atomic E-state index is 0.189. The third-order valence-electron chi connectivity index (χ3n) is 9.97. The molecule has 7 aromatic rings. The number of aliphatic hydroxyl groups is 1. The predicted octanol–water partition coefficient (Wildman–Crippen LogP) is 8.81. The third-order valence-corrected chi connectivity index (χ3v) is 9.97. The molecule has 0 bridgehead atoms. The van der Waals surface area contributed by atoms with Crippen LogP contribution in [0.2, 0.25) is 0 Å². The second-order valence-corrected chi connectivity index (χ2v) is 14.5. The van der Waals surface area contributed by atoms with Gasteiger partial charge in [0.2, 0.25) is 0 Å². The van der Waals surface area contributed by atoms with Crippen LogP contribution in [0.1, 0.15) is 84.8 Å². The summed E-state index contributed by atoms with van der Waals surface area (Å²) in [6.45, 7) is 8.54. The first kappa shape index (κ1) is 39.0. The number of carbonyl (C=O) groups is 1. The van der Waals surface area contributed by atoms with Crippen LogP contribution in [-0.4, -0.2) is 54.0 Å². The fraction of sp³-hybridized carbons (Fsp3) is 0.255. The minimum Gasteiger partial charge on any atom is -0.461 e. The zero-order chi connectivity index (χ0) is 39.8. The molecule has 0 amide bonds.